The molecular formula is C25H24N2O3. The summed E-state index contributed by atoms with van der Waals surface area (Å²) in [4.78, 5) is 12.9. The molecule has 1 aliphatic heterocycles. The van der Waals surface area contributed by atoms with Crippen LogP contribution >= 0.6 is 0 Å². The molecule has 0 N–H and O–H groups in total. The first-order chi connectivity index (χ1) is 14.6. The van der Waals surface area contributed by atoms with E-state index in [0.717, 1.165) is 16.8 Å². The van der Waals surface area contributed by atoms with E-state index in [1.54, 1.807) is 7.11 Å². The number of anilines is 1. The molecule has 0 aliphatic carbocycles. The van der Waals surface area contributed by atoms with Crippen molar-refractivity contribution in [3.05, 3.63) is 90.0 Å². The van der Waals surface area contributed by atoms with Gasteiger partial charge in [-0.15, -0.1) is 0 Å². The van der Waals surface area contributed by atoms with Crippen molar-refractivity contribution >= 4 is 17.8 Å². The molecule has 1 amide bonds. The fourth-order valence-electron chi connectivity index (χ4n) is 3.52. The molecule has 152 valence electrons. The Morgan fingerprint density at radius 2 is 1.67 bits per heavy atom. The zero-order valence-electron chi connectivity index (χ0n) is 17.1. The van der Waals surface area contributed by atoms with E-state index < -0.39 is 5.41 Å². The molecule has 5 heteroatoms. The van der Waals surface area contributed by atoms with Gasteiger partial charge in [-0.05, 0) is 42.3 Å². The highest BCUT2D eigenvalue weighted by atomic mass is 16.5. The van der Waals surface area contributed by atoms with Crippen LogP contribution < -0.4 is 14.5 Å². The number of carbonyl (C=O) groups excluding carboxylic acids is 1. The molecule has 0 saturated heterocycles. The second-order valence-electron chi connectivity index (χ2n) is 7.52. The monoisotopic (exact) mass is 400 g/mol. The van der Waals surface area contributed by atoms with Crippen LogP contribution in [0.4, 0.5) is 5.69 Å². The number of rotatable bonds is 6. The summed E-state index contributed by atoms with van der Waals surface area (Å²) in [5.41, 5.74) is 2.27. The van der Waals surface area contributed by atoms with E-state index in [4.69, 9.17) is 9.47 Å². The molecule has 1 aliphatic rings. The van der Waals surface area contributed by atoms with Gasteiger partial charge in [-0.1, -0.05) is 54.6 Å². The van der Waals surface area contributed by atoms with Crippen LogP contribution in [0.2, 0.25) is 0 Å². The van der Waals surface area contributed by atoms with Gasteiger partial charge in [-0.25, -0.2) is 5.01 Å². The Morgan fingerprint density at radius 1 is 0.967 bits per heavy atom. The molecule has 0 radical (unpaired) electrons. The summed E-state index contributed by atoms with van der Waals surface area (Å²) in [6, 6.07) is 25.2. The largest absolute Gasteiger partial charge is 0.493 e. The van der Waals surface area contributed by atoms with Crippen LogP contribution in [0.5, 0.6) is 11.5 Å². The van der Waals surface area contributed by atoms with E-state index in [1.807, 2.05) is 92.0 Å². The summed E-state index contributed by atoms with van der Waals surface area (Å²) in [6.07, 6.45) is 2.15. The number of carbonyl (C=O) groups is 1. The molecule has 0 aromatic heterocycles. The third-order valence-corrected chi connectivity index (χ3v) is 5.27. The highest BCUT2D eigenvalue weighted by Crippen LogP contribution is 2.37. The Kier molecular flexibility index (Phi) is 5.53. The maximum Gasteiger partial charge on any atom is 0.248 e. The number of para-hydroxylation sites is 1. The molecular weight excluding hydrogens is 376 g/mol. The van der Waals surface area contributed by atoms with E-state index in [2.05, 4.69) is 5.10 Å². The zero-order chi connectivity index (χ0) is 21.0. The Hall–Kier alpha value is -3.60. The number of nitrogens with zero attached hydrogens (tertiary/aromatic N) is 2. The second-order valence-corrected chi connectivity index (χ2v) is 7.52. The van der Waals surface area contributed by atoms with Gasteiger partial charge in [-0.3, -0.25) is 4.79 Å². The van der Waals surface area contributed by atoms with Gasteiger partial charge in [0.15, 0.2) is 11.5 Å². The zero-order valence-corrected chi connectivity index (χ0v) is 17.1. The molecule has 0 spiro atoms. The van der Waals surface area contributed by atoms with Crippen molar-refractivity contribution in [2.24, 2.45) is 5.10 Å². The number of hydrazone groups is 1. The standard InChI is InChI=1S/C25H24N2O3/c1-25(16-24(28)27(26-18-25)21-11-7-4-8-12-21)20-13-14-22(29-2)23(15-20)30-17-19-9-5-3-6-10-19/h3-15,18H,16-17H2,1-2H3. The summed E-state index contributed by atoms with van der Waals surface area (Å²) in [7, 11) is 1.62. The molecule has 3 aromatic carbocycles. The quantitative estimate of drug-likeness (QED) is 0.588. The van der Waals surface area contributed by atoms with Crippen LogP contribution in [0.1, 0.15) is 24.5 Å². The van der Waals surface area contributed by atoms with Gasteiger partial charge in [0.25, 0.3) is 0 Å². The van der Waals surface area contributed by atoms with Crippen LogP contribution in [0.15, 0.2) is 84.0 Å². The summed E-state index contributed by atoms with van der Waals surface area (Å²) >= 11 is 0. The Labute approximate surface area is 176 Å². The van der Waals surface area contributed by atoms with Gasteiger partial charge in [0.05, 0.1) is 12.8 Å². The van der Waals surface area contributed by atoms with Gasteiger partial charge in [-0.2, -0.15) is 5.10 Å². The highest BCUT2D eigenvalue weighted by Gasteiger charge is 2.35. The molecule has 0 bridgehead atoms. The SMILES string of the molecule is COc1ccc(C2(C)C=NN(c3ccccc3)C(=O)C2)cc1OCc1ccccc1. The van der Waals surface area contributed by atoms with Crippen molar-refractivity contribution in [3.63, 3.8) is 0 Å². The number of ether oxygens (including phenoxy) is 2. The third kappa shape index (κ3) is 4.06. The number of hydrogen-bond acceptors (Lipinski definition) is 4. The number of amides is 1. The lowest BCUT2D eigenvalue weighted by atomic mass is 9.79. The van der Waals surface area contributed by atoms with Gasteiger partial charge < -0.3 is 9.47 Å². The first-order valence-corrected chi connectivity index (χ1v) is 9.87. The van der Waals surface area contributed by atoms with Gasteiger partial charge in [0, 0.05) is 18.1 Å². The fourth-order valence-corrected chi connectivity index (χ4v) is 3.52. The lowest BCUT2D eigenvalue weighted by Crippen LogP contribution is -2.40. The maximum absolute atomic E-state index is 12.9. The third-order valence-electron chi connectivity index (χ3n) is 5.27. The van der Waals surface area contributed by atoms with E-state index >= 15 is 0 Å². The number of benzene rings is 3. The predicted molar refractivity (Wildman–Crippen MR) is 118 cm³/mol. The number of methoxy groups -OCH3 is 1. The van der Waals surface area contributed by atoms with E-state index in [1.165, 1.54) is 5.01 Å². The van der Waals surface area contributed by atoms with Crippen LogP contribution in [-0.2, 0) is 16.8 Å². The van der Waals surface area contributed by atoms with Crippen molar-refractivity contribution in [1.82, 2.24) is 0 Å². The number of hydrogen-bond donors (Lipinski definition) is 0. The second kappa shape index (κ2) is 8.41. The predicted octanol–water partition coefficient (Wildman–Crippen LogP) is 4.95. The van der Waals surface area contributed by atoms with Crippen molar-refractivity contribution in [3.8, 4) is 11.5 Å². The molecule has 0 saturated carbocycles. The van der Waals surface area contributed by atoms with Gasteiger partial charge >= 0.3 is 0 Å². The van der Waals surface area contributed by atoms with E-state index in [-0.39, 0.29) is 5.91 Å². The molecule has 1 unspecified atom stereocenters. The highest BCUT2D eigenvalue weighted by molar-refractivity contribution is 6.00. The van der Waals surface area contributed by atoms with Crippen molar-refractivity contribution < 1.29 is 14.3 Å². The lowest BCUT2D eigenvalue weighted by Gasteiger charge is -2.32. The molecule has 5 nitrogen and oxygen atoms in total. The Morgan fingerprint density at radius 3 is 2.33 bits per heavy atom. The Bertz CT molecular complexity index is 1050. The summed E-state index contributed by atoms with van der Waals surface area (Å²) in [5, 5.41) is 5.92. The first kappa shape index (κ1) is 19.7. The van der Waals surface area contributed by atoms with Crippen molar-refractivity contribution in [2.45, 2.75) is 25.4 Å². The molecule has 30 heavy (non-hydrogen) atoms. The van der Waals surface area contributed by atoms with Crippen LogP contribution in [0.3, 0.4) is 0 Å². The van der Waals surface area contributed by atoms with Crippen molar-refractivity contribution in [2.75, 3.05) is 12.1 Å². The molecule has 4 rings (SSSR count). The maximum atomic E-state index is 12.9. The average molecular weight is 400 g/mol. The van der Waals surface area contributed by atoms with Crippen LogP contribution in [-0.4, -0.2) is 19.2 Å². The van der Waals surface area contributed by atoms with E-state index in [0.29, 0.717) is 24.5 Å². The molecule has 1 heterocycles. The van der Waals surface area contributed by atoms with Gasteiger partial charge in [0.2, 0.25) is 5.91 Å². The molecule has 1 atom stereocenters. The topological polar surface area (TPSA) is 51.1 Å². The summed E-state index contributed by atoms with van der Waals surface area (Å²) < 4.78 is 11.5. The van der Waals surface area contributed by atoms with Gasteiger partial charge in [0.1, 0.15) is 6.61 Å². The Balaban J connectivity index is 1.59. The minimum absolute atomic E-state index is 0.0474. The fraction of sp³-hybridized carbons (Fsp3) is 0.200. The smallest absolute Gasteiger partial charge is 0.248 e. The summed E-state index contributed by atoms with van der Waals surface area (Å²) in [5.74, 6) is 1.25. The first-order valence-electron chi connectivity index (χ1n) is 9.87. The van der Waals surface area contributed by atoms with Crippen molar-refractivity contribution in [1.29, 1.82) is 0 Å². The lowest BCUT2D eigenvalue weighted by molar-refractivity contribution is -0.119. The van der Waals surface area contributed by atoms with Crippen LogP contribution in [0.25, 0.3) is 0 Å². The van der Waals surface area contributed by atoms with E-state index in [9.17, 15) is 4.79 Å². The minimum Gasteiger partial charge on any atom is -0.493 e. The average Bonchev–Trinajstić information content (AvgIpc) is 2.79. The minimum atomic E-state index is -0.528. The molecule has 0 fully saturated rings. The normalized spacial score (nSPS) is 18.3. The molecule has 3 aromatic rings. The summed E-state index contributed by atoms with van der Waals surface area (Å²) in [6.45, 7) is 2.45. The van der Waals surface area contributed by atoms with Crippen LogP contribution in [0, 0.1) is 0 Å².